The van der Waals surface area contributed by atoms with Gasteiger partial charge in [0, 0.05) is 11.2 Å². The van der Waals surface area contributed by atoms with Gasteiger partial charge < -0.3 is 10.1 Å². The van der Waals surface area contributed by atoms with Crippen LogP contribution in [0.15, 0.2) is 72.8 Å². The molecule has 0 aliphatic rings. The molecule has 0 saturated carbocycles. The van der Waals surface area contributed by atoms with Crippen LogP contribution >= 0.6 is 0 Å². The van der Waals surface area contributed by atoms with Crippen molar-refractivity contribution in [3.05, 3.63) is 83.9 Å². The molecule has 1 heterocycles. The highest BCUT2D eigenvalue weighted by atomic mass is 16.5. The molecule has 192 valence electrons. The van der Waals surface area contributed by atoms with Crippen LogP contribution in [0.3, 0.4) is 0 Å². The van der Waals surface area contributed by atoms with Crippen molar-refractivity contribution in [3.63, 3.8) is 0 Å². The van der Waals surface area contributed by atoms with Gasteiger partial charge in [-0.05, 0) is 82.1 Å². The molecule has 0 aliphatic heterocycles. The fourth-order valence-electron chi connectivity index (χ4n) is 4.22. The summed E-state index contributed by atoms with van der Waals surface area (Å²) in [6.45, 7) is 10.1. The second kappa shape index (κ2) is 10.8. The minimum atomic E-state index is -0.918. The number of para-hydroxylation sites is 1. The Morgan fingerprint density at radius 2 is 1.76 bits per heavy atom. The van der Waals surface area contributed by atoms with Gasteiger partial charge in [0.2, 0.25) is 11.8 Å². The number of amides is 2. The number of benzene rings is 3. The van der Waals surface area contributed by atoms with Gasteiger partial charge in [-0.2, -0.15) is 0 Å². The Balaban J connectivity index is 1.81. The quantitative estimate of drug-likeness (QED) is 0.375. The molecule has 4 rings (SSSR count). The van der Waals surface area contributed by atoms with Gasteiger partial charge in [0.15, 0.2) is 0 Å². The Bertz CT molecular complexity index is 1390. The third-order valence-electron chi connectivity index (χ3n) is 5.77. The summed E-state index contributed by atoms with van der Waals surface area (Å²) < 4.78 is 7.17. The first kappa shape index (κ1) is 25.9. The molecule has 0 unspecified atom stereocenters. The van der Waals surface area contributed by atoms with E-state index in [1.807, 2.05) is 107 Å². The van der Waals surface area contributed by atoms with Gasteiger partial charge in [0.25, 0.3) is 0 Å². The molecular formula is C29H33N5O3. The zero-order valence-corrected chi connectivity index (χ0v) is 21.9. The molecule has 1 atom stereocenters. The van der Waals surface area contributed by atoms with Crippen molar-refractivity contribution in [2.45, 2.75) is 52.7 Å². The number of rotatable bonds is 8. The number of nitrogens with zero attached hydrogens (tertiary/aromatic N) is 4. The van der Waals surface area contributed by atoms with Crippen LogP contribution in [0.2, 0.25) is 0 Å². The van der Waals surface area contributed by atoms with Crippen LogP contribution in [0.1, 0.15) is 44.9 Å². The van der Waals surface area contributed by atoms with Gasteiger partial charge in [-0.3, -0.25) is 14.5 Å². The summed E-state index contributed by atoms with van der Waals surface area (Å²) in [5.74, 6) is 0.128. The predicted molar refractivity (Wildman–Crippen MR) is 144 cm³/mol. The highest BCUT2D eigenvalue weighted by Gasteiger charge is 2.35. The van der Waals surface area contributed by atoms with Gasteiger partial charge >= 0.3 is 0 Å². The summed E-state index contributed by atoms with van der Waals surface area (Å²) in [5, 5.41) is 11.4. The summed E-state index contributed by atoms with van der Waals surface area (Å²) >= 11 is 0. The predicted octanol–water partition coefficient (Wildman–Crippen LogP) is 4.83. The molecule has 1 aromatic heterocycles. The molecule has 8 heteroatoms. The maximum absolute atomic E-state index is 14.1. The van der Waals surface area contributed by atoms with Gasteiger partial charge in [0.05, 0.1) is 12.1 Å². The molecule has 4 aromatic rings. The van der Waals surface area contributed by atoms with Crippen LogP contribution in [0.5, 0.6) is 5.75 Å². The number of anilines is 1. The van der Waals surface area contributed by atoms with Crippen LogP contribution in [-0.4, -0.2) is 39.0 Å². The van der Waals surface area contributed by atoms with E-state index in [4.69, 9.17) is 4.74 Å². The second-order valence-corrected chi connectivity index (χ2v) is 9.98. The van der Waals surface area contributed by atoms with Crippen molar-refractivity contribution >= 4 is 28.5 Å². The number of hydrogen-bond donors (Lipinski definition) is 1. The fourth-order valence-corrected chi connectivity index (χ4v) is 4.22. The normalized spacial score (nSPS) is 12.2. The number of carbonyl (C=O) groups excluding carboxylic acids is 2. The monoisotopic (exact) mass is 499 g/mol. The van der Waals surface area contributed by atoms with E-state index in [-0.39, 0.29) is 18.4 Å². The third kappa shape index (κ3) is 6.14. The molecule has 8 nitrogen and oxygen atoms in total. The summed E-state index contributed by atoms with van der Waals surface area (Å²) in [5.41, 5.74) is 3.22. The molecule has 37 heavy (non-hydrogen) atoms. The molecule has 0 bridgehead atoms. The van der Waals surface area contributed by atoms with E-state index in [2.05, 4.69) is 15.6 Å². The second-order valence-electron chi connectivity index (χ2n) is 9.98. The van der Waals surface area contributed by atoms with Crippen LogP contribution in [0.4, 0.5) is 5.69 Å². The number of nitrogens with one attached hydrogen (secondary N) is 1. The number of aromatic nitrogens is 3. The topological polar surface area (TPSA) is 89.4 Å². The molecule has 0 saturated heterocycles. The summed E-state index contributed by atoms with van der Waals surface area (Å²) in [7, 11) is 0. The maximum Gasteiger partial charge on any atom is 0.249 e. The van der Waals surface area contributed by atoms with E-state index in [1.165, 1.54) is 0 Å². The molecule has 2 amide bonds. The van der Waals surface area contributed by atoms with Crippen molar-refractivity contribution in [2.24, 2.45) is 0 Å². The zero-order chi connectivity index (χ0) is 26.6. The van der Waals surface area contributed by atoms with E-state index in [0.717, 1.165) is 11.1 Å². The van der Waals surface area contributed by atoms with Gasteiger partial charge in [-0.15, -0.1) is 5.10 Å². The van der Waals surface area contributed by atoms with Crippen LogP contribution < -0.4 is 15.0 Å². The van der Waals surface area contributed by atoms with Crippen molar-refractivity contribution in [1.82, 2.24) is 20.3 Å². The number of aryl methyl sites for hydroxylation is 1. The van der Waals surface area contributed by atoms with Crippen LogP contribution in [0, 0.1) is 6.92 Å². The van der Waals surface area contributed by atoms with E-state index < -0.39 is 11.6 Å². The molecule has 0 radical (unpaired) electrons. The molecule has 3 aromatic carbocycles. The van der Waals surface area contributed by atoms with E-state index in [0.29, 0.717) is 29.1 Å². The highest BCUT2D eigenvalue weighted by molar-refractivity contribution is 6.01. The lowest BCUT2D eigenvalue weighted by Crippen LogP contribution is -2.50. The average molecular weight is 500 g/mol. The van der Waals surface area contributed by atoms with Crippen LogP contribution in [0.25, 0.3) is 11.0 Å². The molecular weight excluding hydrogens is 466 g/mol. The Hall–Kier alpha value is -4.20. The molecule has 0 fully saturated rings. The van der Waals surface area contributed by atoms with E-state index in [9.17, 15) is 9.59 Å². The van der Waals surface area contributed by atoms with Crippen molar-refractivity contribution in [3.8, 4) is 5.75 Å². The van der Waals surface area contributed by atoms with Gasteiger partial charge in [-0.25, -0.2) is 4.68 Å². The Labute approximate surface area is 217 Å². The summed E-state index contributed by atoms with van der Waals surface area (Å²) in [6.07, 6.45) is 0. The lowest BCUT2D eigenvalue weighted by Gasteiger charge is -2.34. The Morgan fingerprint density at radius 3 is 2.43 bits per heavy atom. The molecule has 0 spiro atoms. The maximum atomic E-state index is 14.1. The third-order valence-corrected chi connectivity index (χ3v) is 5.77. The van der Waals surface area contributed by atoms with Gasteiger partial charge in [0.1, 0.15) is 23.9 Å². The first-order valence-corrected chi connectivity index (χ1v) is 12.4. The lowest BCUT2D eigenvalue weighted by molar-refractivity contribution is -0.128. The van der Waals surface area contributed by atoms with Crippen molar-refractivity contribution in [1.29, 1.82) is 0 Å². The van der Waals surface area contributed by atoms with E-state index in [1.54, 1.807) is 9.58 Å². The summed E-state index contributed by atoms with van der Waals surface area (Å²) in [4.78, 5) is 29.4. The Morgan fingerprint density at radius 1 is 1.03 bits per heavy atom. The number of hydrogen-bond acceptors (Lipinski definition) is 5. The number of carbonyl (C=O) groups is 2. The highest BCUT2D eigenvalue weighted by Crippen LogP contribution is 2.31. The smallest absolute Gasteiger partial charge is 0.249 e. The Kier molecular flexibility index (Phi) is 7.57. The fraction of sp³-hybridized carbons (Fsp3) is 0.310. The lowest BCUT2D eigenvalue weighted by atomic mass is 10.00. The van der Waals surface area contributed by atoms with E-state index >= 15 is 0 Å². The average Bonchev–Trinajstić information content (AvgIpc) is 3.25. The molecule has 0 aliphatic carbocycles. The number of ether oxygens (including phenoxy) is 1. The van der Waals surface area contributed by atoms with Gasteiger partial charge in [-0.1, -0.05) is 41.6 Å². The standard InChI is InChI=1S/C29H33N5O3/c1-6-37-23-16-14-21(15-17-23)27(28(36)30-29(3,4)5)34(22-11-9-10-20(2)18-22)26(35)19-33-25-13-8-7-12-24(25)31-32-33/h7-18,27H,6,19H2,1-5H3,(H,30,36)/t27-/m0/s1. The first-order valence-electron chi connectivity index (χ1n) is 12.4. The number of fused-ring (bicyclic) bond motifs is 1. The first-order chi connectivity index (χ1) is 17.7. The van der Waals surface area contributed by atoms with Crippen LogP contribution in [-0.2, 0) is 16.1 Å². The van der Waals surface area contributed by atoms with Crippen molar-refractivity contribution < 1.29 is 14.3 Å². The largest absolute Gasteiger partial charge is 0.494 e. The summed E-state index contributed by atoms with van der Waals surface area (Å²) in [6, 6.07) is 21.4. The minimum Gasteiger partial charge on any atom is -0.494 e. The SMILES string of the molecule is CCOc1ccc([C@@H](C(=O)NC(C)(C)C)N(C(=O)Cn2nnc3ccccc32)c2cccc(C)c2)cc1. The minimum absolute atomic E-state index is 0.0786. The zero-order valence-electron chi connectivity index (χ0n) is 21.9. The van der Waals surface area contributed by atoms with Crippen molar-refractivity contribution in [2.75, 3.05) is 11.5 Å². The molecule has 1 N–H and O–H groups in total.